The predicted octanol–water partition coefficient (Wildman–Crippen LogP) is 1.62. The normalized spacial score (nSPS) is 30.8. The highest BCUT2D eigenvalue weighted by Gasteiger charge is 2.45. The van der Waals surface area contributed by atoms with Gasteiger partial charge in [-0.05, 0) is 27.7 Å². The van der Waals surface area contributed by atoms with Crippen molar-refractivity contribution in [3.63, 3.8) is 0 Å². The highest BCUT2D eigenvalue weighted by molar-refractivity contribution is 7.86. The third-order valence-electron chi connectivity index (χ3n) is 5.31. The van der Waals surface area contributed by atoms with E-state index in [2.05, 4.69) is 0 Å². The quantitative estimate of drug-likeness (QED) is 0.463. The van der Waals surface area contributed by atoms with Gasteiger partial charge in [-0.15, -0.1) is 0 Å². The highest BCUT2D eigenvalue weighted by Crippen LogP contribution is 2.32. The van der Waals surface area contributed by atoms with Crippen LogP contribution in [0.25, 0.3) is 0 Å². The molecule has 2 aliphatic heterocycles. The molecule has 0 radical (unpaired) electrons. The van der Waals surface area contributed by atoms with Crippen LogP contribution in [0.1, 0.15) is 48.0 Å². The largest absolute Gasteiger partial charge is 0.462 e. The molecule has 0 spiro atoms. The number of ketones is 1. The lowest BCUT2D eigenvalue weighted by Crippen LogP contribution is -2.40. The Hall–Kier alpha value is -1.78. The number of hydrogen-bond acceptors (Lipinski definition) is 8. The van der Waals surface area contributed by atoms with Gasteiger partial charge in [0.15, 0.2) is 5.78 Å². The number of rotatable bonds is 5. The van der Waals surface area contributed by atoms with E-state index in [1.165, 1.54) is 11.1 Å². The van der Waals surface area contributed by atoms with Crippen molar-refractivity contribution in [3.05, 3.63) is 11.8 Å². The van der Waals surface area contributed by atoms with Gasteiger partial charge in [0.05, 0.1) is 11.7 Å². The maximum Gasteiger partial charge on any atom is 0.311 e. The fraction of sp³-hybridized carbons (Fsp3) is 0.750. The summed E-state index contributed by atoms with van der Waals surface area (Å²) in [7, 11) is -3.81. The zero-order chi connectivity index (χ0) is 23.0. The summed E-state index contributed by atoms with van der Waals surface area (Å²) >= 11 is 0. The predicted molar refractivity (Wildman–Crippen MR) is 107 cm³/mol. The van der Waals surface area contributed by atoms with E-state index in [4.69, 9.17) is 13.7 Å². The van der Waals surface area contributed by atoms with Crippen molar-refractivity contribution >= 4 is 27.8 Å². The zero-order valence-corrected chi connectivity index (χ0v) is 19.3. The molecule has 0 N–H and O–H groups in total. The zero-order valence-electron chi connectivity index (χ0n) is 18.5. The summed E-state index contributed by atoms with van der Waals surface area (Å²) in [6.07, 6.45) is -0.262. The Bertz CT molecular complexity index is 841. The van der Waals surface area contributed by atoms with Crippen LogP contribution in [0.5, 0.6) is 0 Å². The van der Waals surface area contributed by atoms with E-state index in [-0.39, 0.29) is 24.7 Å². The van der Waals surface area contributed by atoms with E-state index in [0.29, 0.717) is 5.57 Å². The van der Waals surface area contributed by atoms with Crippen molar-refractivity contribution in [1.29, 1.82) is 0 Å². The third-order valence-corrected chi connectivity index (χ3v) is 5.91. The molecule has 0 aromatic carbocycles. The monoisotopic (exact) mass is 445 g/mol. The molecule has 0 saturated carbocycles. The van der Waals surface area contributed by atoms with Gasteiger partial charge in [-0.1, -0.05) is 13.8 Å². The second kappa shape index (κ2) is 8.76. The van der Waals surface area contributed by atoms with Crippen molar-refractivity contribution in [2.45, 2.75) is 66.4 Å². The van der Waals surface area contributed by atoms with Crippen molar-refractivity contribution < 1.29 is 36.5 Å². The van der Waals surface area contributed by atoms with E-state index in [1.54, 1.807) is 41.5 Å². The van der Waals surface area contributed by atoms with Gasteiger partial charge in [-0.2, -0.15) is 8.42 Å². The number of esters is 1. The summed E-state index contributed by atoms with van der Waals surface area (Å²) in [4.78, 5) is 38.8. The van der Waals surface area contributed by atoms with Gasteiger partial charge >= 0.3 is 5.97 Å². The number of amides is 1. The Labute approximate surface area is 177 Å². The molecule has 0 aliphatic carbocycles. The first-order valence-corrected chi connectivity index (χ1v) is 11.7. The van der Waals surface area contributed by atoms with Gasteiger partial charge in [0.1, 0.15) is 25.0 Å². The van der Waals surface area contributed by atoms with Crippen molar-refractivity contribution in [2.24, 2.45) is 17.3 Å². The van der Waals surface area contributed by atoms with Crippen LogP contribution in [-0.4, -0.2) is 62.3 Å². The second-order valence-corrected chi connectivity index (χ2v) is 10.7. The van der Waals surface area contributed by atoms with Gasteiger partial charge in [-0.3, -0.25) is 23.5 Å². The summed E-state index contributed by atoms with van der Waals surface area (Å²) in [5.74, 6) is -1.95. The maximum absolute atomic E-state index is 12.9. The van der Waals surface area contributed by atoms with Gasteiger partial charge < -0.3 is 9.47 Å². The fourth-order valence-electron chi connectivity index (χ4n) is 3.32. The lowest BCUT2D eigenvalue weighted by molar-refractivity contribution is -0.161. The highest BCUT2D eigenvalue weighted by atomic mass is 32.2. The number of ether oxygens (including phenoxy) is 2. The Morgan fingerprint density at radius 3 is 2.37 bits per heavy atom. The fourth-order valence-corrected chi connectivity index (χ4v) is 3.97. The Morgan fingerprint density at radius 2 is 1.83 bits per heavy atom. The molecular formula is C20H31NO8S. The van der Waals surface area contributed by atoms with Crippen LogP contribution in [-0.2, 0) is 38.2 Å². The molecule has 0 aromatic heterocycles. The minimum absolute atomic E-state index is 0.0512. The SMILES string of the molecule is CC1=CN([C@H]2C[C@H](OS(C)(=O)=O)[C@@H](COC(=O)C(C)(C)C)O2)C(=O)[C@@H](C)C(C)C1=O. The molecule has 2 aliphatic rings. The molecule has 1 saturated heterocycles. The molecular weight excluding hydrogens is 414 g/mol. The summed E-state index contributed by atoms with van der Waals surface area (Å²) in [6, 6.07) is 0. The van der Waals surface area contributed by atoms with E-state index in [1.807, 2.05) is 0 Å². The number of Topliss-reactive ketones (excluding diaryl/α,β-unsaturated/α-hetero) is 1. The third kappa shape index (κ3) is 5.67. The smallest absolute Gasteiger partial charge is 0.311 e. The average Bonchev–Trinajstić information content (AvgIpc) is 2.98. The molecule has 0 bridgehead atoms. The Kier molecular flexibility index (Phi) is 7.15. The van der Waals surface area contributed by atoms with Crippen molar-refractivity contribution in [3.8, 4) is 0 Å². The first-order chi connectivity index (χ1) is 13.6. The van der Waals surface area contributed by atoms with Crippen LogP contribution in [0.3, 0.4) is 0 Å². The van der Waals surface area contributed by atoms with E-state index in [0.717, 1.165) is 6.26 Å². The first kappa shape index (κ1) is 24.5. The minimum atomic E-state index is -3.81. The van der Waals surface area contributed by atoms with E-state index < -0.39 is 51.8 Å². The minimum Gasteiger partial charge on any atom is -0.462 e. The number of nitrogens with zero attached hydrogens (tertiary/aromatic N) is 1. The molecule has 5 atom stereocenters. The number of allylic oxidation sites excluding steroid dienone is 1. The summed E-state index contributed by atoms with van der Waals surface area (Å²) in [6.45, 7) is 9.86. The van der Waals surface area contributed by atoms with Crippen LogP contribution in [0, 0.1) is 17.3 Å². The summed E-state index contributed by atoms with van der Waals surface area (Å²) < 4.78 is 39.7. The van der Waals surface area contributed by atoms with Gasteiger partial charge in [0.25, 0.3) is 10.1 Å². The second-order valence-electron chi connectivity index (χ2n) is 9.05. The molecule has 2 rings (SSSR count). The first-order valence-electron chi connectivity index (χ1n) is 9.87. The molecule has 170 valence electrons. The molecule has 1 amide bonds. The van der Waals surface area contributed by atoms with E-state index >= 15 is 0 Å². The number of hydrogen-bond donors (Lipinski definition) is 0. The Balaban J connectivity index is 2.26. The lowest BCUT2D eigenvalue weighted by Gasteiger charge is -2.27. The van der Waals surface area contributed by atoms with Gasteiger partial charge in [0.2, 0.25) is 5.91 Å². The van der Waals surface area contributed by atoms with Crippen LogP contribution >= 0.6 is 0 Å². The molecule has 9 nitrogen and oxygen atoms in total. The number of carbonyl (C=O) groups excluding carboxylic acids is 3. The maximum atomic E-state index is 12.9. The van der Waals surface area contributed by atoms with Crippen LogP contribution < -0.4 is 0 Å². The Morgan fingerprint density at radius 1 is 1.23 bits per heavy atom. The molecule has 1 unspecified atom stereocenters. The molecule has 10 heteroatoms. The van der Waals surface area contributed by atoms with Crippen LogP contribution in [0.15, 0.2) is 11.8 Å². The molecule has 2 heterocycles. The summed E-state index contributed by atoms with van der Waals surface area (Å²) in [5, 5.41) is 0. The van der Waals surface area contributed by atoms with Gasteiger partial charge in [0, 0.05) is 30.0 Å². The van der Waals surface area contributed by atoms with Gasteiger partial charge in [-0.25, -0.2) is 0 Å². The molecule has 0 aromatic rings. The van der Waals surface area contributed by atoms with Crippen LogP contribution in [0.2, 0.25) is 0 Å². The number of carbonyl (C=O) groups is 3. The standard InChI is InChI=1S/C20H31NO8S/c1-11-9-21(18(23)13(3)12(2)17(11)22)16-8-14(29-30(7,25)26)15(28-16)10-27-19(24)20(4,5)6/h9,12-16H,8,10H2,1-7H3/t12?,13-,14-,15+,16+/m0/s1. The van der Waals surface area contributed by atoms with E-state index in [9.17, 15) is 22.8 Å². The topological polar surface area (TPSA) is 116 Å². The van der Waals surface area contributed by atoms with Crippen LogP contribution in [0.4, 0.5) is 0 Å². The summed E-state index contributed by atoms with van der Waals surface area (Å²) in [5.41, 5.74) is -0.329. The lowest BCUT2D eigenvalue weighted by atomic mass is 9.89. The molecule has 1 fully saturated rings. The van der Waals surface area contributed by atoms with Crippen molar-refractivity contribution in [2.75, 3.05) is 12.9 Å². The molecule has 30 heavy (non-hydrogen) atoms. The average molecular weight is 446 g/mol. The van der Waals surface area contributed by atoms with Crippen molar-refractivity contribution in [1.82, 2.24) is 4.90 Å².